The molecule has 0 radical (unpaired) electrons. The first-order valence-electron chi connectivity index (χ1n) is 8.77. The molecule has 1 amide bonds. The molecule has 0 aromatic carbocycles. The van der Waals surface area contributed by atoms with Crippen molar-refractivity contribution in [1.82, 2.24) is 20.3 Å². The molecule has 2 fully saturated rings. The maximum Gasteiger partial charge on any atom is 0.217 e. The second-order valence-corrected chi connectivity index (χ2v) is 8.09. The number of hydrogen-bond acceptors (Lipinski definition) is 6. The second kappa shape index (κ2) is 6.05. The zero-order chi connectivity index (χ0) is 17.6. The Morgan fingerprint density at radius 3 is 2.72 bits per heavy atom. The van der Waals surface area contributed by atoms with Gasteiger partial charge in [0.05, 0.1) is 0 Å². The van der Waals surface area contributed by atoms with Gasteiger partial charge in [-0.25, -0.2) is 15.0 Å². The molecular weight excluding hydrogens is 334 g/mol. The number of aromatic nitrogens is 3. The molecular formula is C18H23N5OS. The molecule has 0 bridgehead atoms. The summed E-state index contributed by atoms with van der Waals surface area (Å²) in [6, 6.07) is 2.04. The van der Waals surface area contributed by atoms with Crippen molar-refractivity contribution >= 4 is 23.1 Å². The Labute approximate surface area is 151 Å². The van der Waals surface area contributed by atoms with Crippen molar-refractivity contribution in [3.05, 3.63) is 33.7 Å². The van der Waals surface area contributed by atoms with Crippen LogP contribution in [0.5, 0.6) is 0 Å². The van der Waals surface area contributed by atoms with Gasteiger partial charge in [-0.1, -0.05) is 0 Å². The van der Waals surface area contributed by atoms with Crippen LogP contribution < -0.4 is 10.2 Å². The van der Waals surface area contributed by atoms with E-state index in [1.54, 1.807) is 18.3 Å². The lowest BCUT2D eigenvalue weighted by Gasteiger charge is -2.28. The Hall–Kier alpha value is -2.02. The average Bonchev–Trinajstić information content (AvgIpc) is 3.17. The van der Waals surface area contributed by atoms with E-state index in [0.29, 0.717) is 12.5 Å². The van der Waals surface area contributed by atoms with Crippen molar-refractivity contribution in [3.63, 3.8) is 0 Å². The number of anilines is 1. The van der Waals surface area contributed by atoms with Crippen LogP contribution in [0.2, 0.25) is 0 Å². The Kier molecular flexibility index (Phi) is 3.98. The first kappa shape index (κ1) is 16.4. The number of nitrogens with one attached hydrogen (secondary N) is 1. The Balaban J connectivity index is 1.64. The SMILES string of the molecule is CC(=O)NC1(c2nc(C)cs2)CCN(c2cc(C)nc(C3CC3)n2)C1. The predicted octanol–water partition coefficient (Wildman–Crippen LogP) is 2.67. The van der Waals surface area contributed by atoms with Crippen LogP contribution in [-0.4, -0.2) is 33.9 Å². The number of carbonyl (C=O) groups is 1. The Morgan fingerprint density at radius 2 is 2.08 bits per heavy atom. The summed E-state index contributed by atoms with van der Waals surface area (Å²) in [6.07, 6.45) is 3.22. The zero-order valence-corrected chi connectivity index (χ0v) is 15.7. The van der Waals surface area contributed by atoms with Crippen LogP contribution in [0.1, 0.15) is 54.3 Å². The highest BCUT2D eigenvalue weighted by Gasteiger charge is 2.43. The molecule has 1 unspecified atom stereocenters. The summed E-state index contributed by atoms with van der Waals surface area (Å²) in [7, 11) is 0. The average molecular weight is 357 g/mol. The van der Waals surface area contributed by atoms with Gasteiger partial charge < -0.3 is 10.2 Å². The lowest BCUT2D eigenvalue weighted by atomic mass is 9.99. The summed E-state index contributed by atoms with van der Waals surface area (Å²) >= 11 is 1.62. The topological polar surface area (TPSA) is 71.0 Å². The summed E-state index contributed by atoms with van der Waals surface area (Å²) in [5, 5.41) is 6.20. The van der Waals surface area contributed by atoms with Crippen LogP contribution in [0.3, 0.4) is 0 Å². The van der Waals surface area contributed by atoms with Gasteiger partial charge in [-0.05, 0) is 33.1 Å². The number of thiazole rings is 1. The van der Waals surface area contributed by atoms with Crippen LogP contribution in [0.4, 0.5) is 5.82 Å². The van der Waals surface area contributed by atoms with Crippen molar-refractivity contribution in [2.45, 2.75) is 51.5 Å². The van der Waals surface area contributed by atoms with E-state index in [1.165, 1.54) is 12.8 Å². The van der Waals surface area contributed by atoms with Crippen molar-refractivity contribution in [2.24, 2.45) is 0 Å². The van der Waals surface area contributed by atoms with Gasteiger partial charge >= 0.3 is 0 Å². The molecule has 2 aromatic heterocycles. The molecule has 2 aliphatic rings. The fourth-order valence-corrected chi connectivity index (χ4v) is 4.48. The number of aryl methyl sites for hydroxylation is 2. The van der Waals surface area contributed by atoms with E-state index in [1.807, 2.05) is 25.3 Å². The van der Waals surface area contributed by atoms with E-state index in [-0.39, 0.29) is 5.91 Å². The lowest BCUT2D eigenvalue weighted by Crippen LogP contribution is -2.47. The maximum absolute atomic E-state index is 11.9. The van der Waals surface area contributed by atoms with Crippen LogP contribution in [-0.2, 0) is 10.3 Å². The van der Waals surface area contributed by atoms with Crippen molar-refractivity contribution in [3.8, 4) is 0 Å². The molecule has 0 spiro atoms. The largest absolute Gasteiger partial charge is 0.354 e. The van der Waals surface area contributed by atoms with Gasteiger partial charge in [-0.3, -0.25) is 4.79 Å². The van der Waals surface area contributed by atoms with E-state index in [0.717, 1.165) is 41.0 Å². The Bertz CT molecular complexity index is 816. The van der Waals surface area contributed by atoms with Crippen LogP contribution in [0.25, 0.3) is 0 Å². The zero-order valence-electron chi connectivity index (χ0n) is 14.9. The molecule has 7 heteroatoms. The van der Waals surface area contributed by atoms with Gasteiger partial charge in [0.25, 0.3) is 0 Å². The standard InChI is InChI=1S/C18H23N5OS/c1-11-8-15(21-16(19-11)14-4-5-14)23-7-6-18(10-23,22-13(3)24)17-20-12(2)9-25-17/h8-9,14H,4-7,10H2,1-3H3,(H,22,24). The summed E-state index contributed by atoms with van der Waals surface area (Å²) in [5.74, 6) is 2.45. The molecule has 6 nitrogen and oxygen atoms in total. The van der Waals surface area contributed by atoms with Gasteiger partial charge in [0.15, 0.2) is 0 Å². The third-order valence-electron chi connectivity index (χ3n) is 4.84. The highest BCUT2D eigenvalue weighted by Crippen LogP contribution is 2.40. The first-order valence-corrected chi connectivity index (χ1v) is 9.65. The van der Waals surface area contributed by atoms with Crippen molar-refractivity contribution in [2.75, 3.05) is 18.0 Å². The highest BCUT2D eigenvalue weighted by molar-refractivity contribution is 7.09. The molecule has 3 heterocycles. The minimum absolute atomic E-state index is 0.0211. The second-order valence-electron chi connectivity index (χ2n) is 7.23. The van der Waals surface area contributed by atoms with E-state index >= 15 is 0 Å². The highest BCUT2D eigenvalue weighted by atomic mass is 32.1. The van der Waals surface area contributed by atoms with E-state index in [9.17, 15) is 4.79 Å². The lowest BCUT2D eigenvalue weighted by molar-refractivity contribution is -0.120. The molecule has 1 saturated carbocycles. The molecule has 1 saturated heterocycles. The number of rotatable bonds is 4. The normalized spacial score (nSPS) is 23.1. The molecule has 2 aromatic rings. The van der Waals surface area contributed by atoms with Crippen LogP contribution in [0, 0.1) is 13.8 Å². The molecule has 1 aliphatic carbocycles. The minimum Gasteiger partial charge on any atom is -0.354 e. The van der Waals surface area contributed by atoms with Crippen LogP contribution >= 0.6 is 11.3 Å². The fourth-order valence-electron chi connectivity index (χ4n) is 3.51. The van der Waals surface area contributed by atoms with Gasteiger partial charge in [0, 0.05) is 48.8 Å². The van der Waals surface area contributed by atoms with E-state index in [2.05, 4.69) is 20.2 Å². The molecule has 1 N–H and O–H groups in total. The summed E-state index contributed by atoms with van der Waals surface area (Å²) in [6.45, 7) is 7.13. The number of nitrogens with zero attached hydrogens (tertiary/aromatic N) is 4. The molecule has 1 aliphatic heterocycles. The fraction of sp³-hybridized carbons (Fsp3) is 0.556. The monoisotopic (exact) mass is 357 g/mol. The van der Waals surface area contributed by atoms with E-state index < -0.39 is 5.54 Å². The van der Waals surface area contributed by atoms with Crippen LogP contribution in [0.15, 0.2) is 11.4 Å². The van der Waals surface area contributed by atoms with Gasteiger partial charge in [-0.2, -0.15) is 0 Å². The maximum atomic E-state index is 11.9. The summed E-state index contributed by atoms with van der Waals surface area (Å²) in [5.41, 5.74) is 1.58. The van der Waals surface area contributed by atoms with Gasteiger partial charge in [0.1, 0.15) is 22.2 Å². The molecule has 25 heavy (non-hydrogen) atoms. The minimum atomic E-state index is -0.427. The van der Waals surface area contributed by atoms with Gasteiger partial charge in [-0.15, -0.1) is 11.3 Å². The molecule has 4 rings (SSSR count). The summed E-state index contributed by atoms with van der Waals surface area (Å²) in [4.78, 5) is 28.2. The number of carbonyl (C=O) groups excluding carboxylic acids is 1. The summed E-state index contributed by atoms with van der Waals surface area (Å²) < 4.78 is 0. The van der Waals surface area contributed by atoms with Crippen molar-refractivity contribution < 1.29 is 4.79 Å². The van der Waals surface area contributed by atoms with E-state index in [4.69, 9.17) is 4.98 Å². The quantitative estimate of drug-likeness (QED) is 0.911. The van der Waals surface area contributed by atoms with Gasteiger partial charge in [0.2, 0.25) is 5.91 Å². The smallest absolute Gasteiger partial charge is 0.217 e. The molecule has 132 valence electrons. The third-order valence-corrected chi connectivity index (χ3v) is 6.00. The predicted molar refractivity (Wildman–Crippen MR) is 97.9 cm³/mol. The first-order chi connectivity index (χ1) is 11.9. The Morgan fingerprint density at radius 1 is 1.28 bits per heavy atom. The number of amides is 1. The third kappa shape index (κ3) is 3.25. The number of hydrogen-bond donors (Lipinski definition) is 1. The van der Waals surface area contributed by atoms with Crippen molar-refractivity contribution in [1.29, 1.82) is 0 Å². The molecule has 1 atom stereocenters.